The van der Waals surface area contributed by atoms with Crippen molar-refractivity contribution in [2.75, 3.05) is 13.2 Å². The van der Waals surface area contributed by atoms with Crippen molar-refractivity contribution in [3.63, 3.8) is 0 Å². The predicted octanol–water partition coefficient (Wildman–Crippen LogP) is 0.664. The highest BCUT2D eigenvalue weighted by atomic mass is 16.5. The Bertz CT molecular complexity index is 445. The van der Waals surface area contributed by atoms with E-state index in [4.69, 9.17) is 4.74 Å². The van der Waals surface area contributed by atoms with Crippen molar-refractivity contribution in [3.8, 4) is 5.75 Å². The highest BCUT2D eigenvalue weighted by Gasteiger charge is 2.02. The maximum Gasteiger partial charge on any atom is 0.220 e. The zero-order chi connectivity index (χ0) is 14.8. The van der Waals surface area contributed by atoms with E-state index in [9.17, 15) is 14.7 Å². The molecule has 1 aromatic rings. The molecule has 0 atom stereocenters. The van der Waals surface area contributed by atoms with Gasteiger partial charge in [-0.05, 0) is 37.0 Å². The van der Waals surface area contributed by atoms with E-state index < -0.39 is 5.97 Å². The fourth-order valence-electron chi connectivity index (χ4n) is 1.66. The lowest BCUT2D eigenvalue weighted by atomic mass is 10.1. The number of benzene rings is 1. The number of carbonyl (C=O) groups is 2. The van der Waals surface area contributed by atoms with Gasteiger partial charge < -0.3 is 20.0 Å². The molecule has 0 heterocycles. The van der Waals surface area contributed by atoms with Crippen LogP contribution in [0.3, 0.4) is 0 Å². The predicted molar refractivity (Wildman–Crippen MR) is 73.2 cm³/mol. The number of aliphatic carboxylic acids is 1. The van der Waals surface area contributed by atoms with Crippen LogP contribution in [0, 0.1) is 0 Å². The average Bonchev–Trinajstić information content (AvgIpc) is 2.43. The summed E-state index contributed by atoms with van der Waals surface area (Å²) in [7, 11) is 0. The molecule has 5 heteroatoms. The van der Waals surface area contributed by atoms with Crippen molar-refractivity contribution in [2.24, 2.45) is 0 Å². The van der Waals surface area contributed by atoms with Crippen molar-refractivity contribution in [1.29, 1.82) is 0 Å². The van der Waals surface area contributed by atoms with Crippen LogP contribution in [-0.4, -0.2) is 25.0 Å². The number of carbonyl (C=O) groups excluding carboxylic acids is 2. The lowest BCUT2D eigenvalue weighted by Crippen LogP contribution is -2.29. The Balaban J connectivity index is 2.30. The summed E-state index contributed by atoms with van der Waals surface area (Å²) in [5.74, 6) is -0.652. The SMILES string of the molecule is CCCOc1cccc(CCNC(=O)CCC(=O)[O-])c1. The summed E-state index contributed by atoms with van der Waals surface area (Å²) in [6.45, 7) is 3.21. The van der Waals surface area contributed by atoms with E-state index in [-0.39, 0.29) is 18.7 Å². The smallest absolute Gasteiger partial charge is 0.220 e. The molecule has 1 amide bonds. The Morgan fingerprint density at radius 3 is 2.80 bits per heavy atom. The van der Waals surface area contributed by atoms with Gasteiger partial charge in [-0.25, -0.2) is 0 Å². The van der Waals surface area contributed by atoms with E-state index in [2.05, 4.69) is 5.32 Å². The molecule has 0 aliphatic carbocycles. The van der Waals surface area contributed by atoms with Crippen molar-refractivity contribution >= 4 is 11.9 Å². The van der Waals surface area contributed by atoms with Gasteiger partial charge in [0, 0.05) is 18.9 Å². The van der Waals surface area contributed by atoms with E-state index in [0.29, 0.717) is 19.6 Å². The molecule has 1 aromatic carbocycles. The number of carboxylic acids is 1. The van der Waals surface area contributed by atoms with Crippen molar-refractivity contribution < 1.29 is 19.4 Å². The van der Waals surface area contributed by atoms with Crippen LogP contribution in [0.2, 0.25) is 0 Å². The number of carboxylic acid groups (broad SMARTS) is 1. The molecule has 0 spiro atoms. The molecular weight excluding hydrogens is 258 g/mol. The molecule has 20 heavy (non-hydrogen) atoms. The van der Waals surface area contributed by atoms with Crippen molar-refractivity contribution in [1.82, 2.24) is 5.32 Å². The summed E-state index contributed by atoms with van der Waals surface area (Å²) in [6.07, 6.45) is 1.35. The highest BCUT2D eigenvalue weighted by Crippen LogP contribution is 2.13. The van der Waals surface area contributed by atoms with Gasteiger partial charge in [0.05, 0.1) is 6.61 Å². The van der Waals surface area contributed by atoms with Gasteiger partial charge in [-0.15, -0.1) is 0 Å². The number of hydrogen-bond acceptors (Lipinski definition) is 4. The number of ether oxygens (including phenoxy) is 1. The normalized spacial score (nSPS) is 10.1. The molecule has 0 aliphatic heterocycles. The second-order valence-corrected chi connectivity index (χ2v) is 4.47. The van der Waals surface area contributed by atoms with Gasteiger partial charge in [0.25, 0.3) is 0 Å². The average molecular weight is 278 g/mol. The third-order valence-electron chi connectivity index (χ3n) is 2.66. The Hall–Kier alpha value is -2.04. The van der Waals surface area contributed by atoms with E-state index in [1.165, 1.54) is 0 Å². The zero-order valence-corrected chi connectivity index (χ0v) is 11.7. The molecule has 0 fully saturated rings. The third-order valence-corrected chi connectivity index (χ3v) is 2.66. The molecule has 5 nitrogen and oxygen atoms in total. The Kier molecular flexibility index (Phi) is 7.17. The van der Waals surface area contributed by atoms with E-state index >= 15 is 0 Å². The van der Waals surface area contributed by atoms with Crippen molar-refractivity contribution in [3.05, 3.63) is 29.8 Å². The molecule has 0 aromatic heterocycles. The maximum absolute atomic E-state index is 11.3. The molecule has 1 N–H and O–H groups in total. The zero-order valence-electron chi connectivity index (χ0n) is 11.7. The Morgan fingerprint density at radius 2 is 2.10 bits per heavy atom. The van der Waals surface area contributed by atoms with Gasteiger partial charge >= 0.3 is 0 Å². The van der Waals surface area contributed by atoms with Gasteiger partial charge in [0.15, 0.2) is 0 Å². The fraction of sp³-hybridized carbons (Fsp3) is 0.467. The summed E-state index contributed by atoms with van der Waals surface area (Å²) in [5, 5.41) is 12.9. The number of amides is 1. The van der Waals surface area contributed by atoms with Crippen LogP contribution < -0.4 is 15.2 Å². The van der Waals surface area contributed by atoms with Gasteiger partial charge in [0.1, 0.15) is 5.75 Å². The summed E-state index contributed by atoms with van der Waals surface area (Å²) in [6, 6.07) is 7.73. The molecule has 0 saturated carbocycles. The van der Waals surface area contributed by atoms with Gasteiger partial charge in [-0.2, -0.15) is 0 Å². The van der Waals surface area contributed by atoms with Crippen LogP contribution in [0.5, 0.6) is 5.75 Å². The molecule has 0 radical (unpaired) electrons. The monoisotopic (exact) mass is 278 g/mol. The third kappa shape index (κ3) is 6.78. The first-order chi connectivity index (χ1) is 9.61. The number of nitrogens with one attached hydrogen (secondary N) is 1. The van der Waals surface area contributed by atoms with Gasteiger partial charge in [-0.3, -0.25) is 4.79 Å². The first-order valence-corrected chi connectivity index (χ1v) is 6.80. The quantitative estimate of drug-likeness (QED) is 0.720. The first kappa shape index (κ1) is 16.0. The summed E-state index contributed by atoms with van der Waals surface area (Å²) < 4.78 is 5.53. The molecular formula is C15H20NO4-. The molecule has 0 aliphatic rings. The minimum absolute atomic E-state index is 0.0397. The second kappa shape index (κ2) is 8.96. The van der Waals surface area contributed by atoms with E-state index in [0.717, 1.165) is 17.7 Å². The van der Waals surface area contributed by atoms with Crippen LogP contribution in [0.15, 0.2) is 24.3 Å². The molecule has 110 valence electrons. The summed E-state index contributed by atoms with van der Waals surface area (Å²) in [4.78, 5) is 21.5. The van der Waals surface area contributed by atoms with Crippen molar-refractivity contribution in [2.45, 2.75) is 32.6 Å². The summed E-state index contributed by atoms with van der Waals surface area (Å²) >= 11 is 0. The Morgan fingerprint density at radius 1 is 1.30 bits per heavy atom. The van der Waals surface area contributed by atoms with E-state index in [1.807, 2.05) is 31.2 Å². The van der Waals surface area contributed by atoms with Crippen LogP contribution in [-0.2, 0) is 16.0 Å². The topological polar surface area (TPSA) is 78.5 Å². The molecule has 0 bridgehead atoms. The second-order valence-electron chi connectivity index (χ2n) is 4.47. The summed E-state index contributed by atoms with van der Waals surface area (Å²) in [5.41, 5.74) is 1.07. The number of hydrogen-bond donors (Lipinski definition) is 1. The maximum atomic E-state index is 11.3. The first-order valence-electron chi connectivity index (χ1n) is 6.80. The van der Waals surface area contributed by atoms with Crippen LogP contribution in [0.1, 0.15) is 31.7 Å². The minimum Gasteiger partial charge on any atom is -0.550 e. The van der Waals surface area contributed by atoms with Gasteiger partial charge in [0.2, 0.25) is 5.91 Å². The van der Waals surface area contributed by atoms with Gasteiger partial charge in [-0.1, -0.05) is 19.1 Å². The fourth-order valence-corrected chi connectivity index (χ4v) is 1.66. The minimum atomic E-state index is -1.21. The molecule has 0 saturated heterocycles. The molecule has 0 unspecified atom stereocenters. The number of rotatable bonds is 9. The Labute approximate surface area is 118 Å². The molecule has 1 rings (SSSR count). The van der Waals surface area contributed by atoms with Crippen LogP contribution in [0.25, 0.3) is 0 Å². The lowest BCUT2D eigenvalue weighted by molar-refractivity contribution is -0.305. The lowest BCUT2D eigenvalue weighted by Gasteiger charge is -2.08. The van der Waals surface area contributed by atoms with E-state index in [1.54, 1.807) is 0 Å². The largest absolute Gasteiger partial charge is 0.550 e. The highest BCUT2D eigenvalue weighted by molar-refractivity contribution is 5.79. The van der Waals surface area contributed by atoms with Crippen LogP contribution in [0.4, 0.5) is 0 Å². The van der Waals surface area contributed by atoms with Crippen LogP contribution >= 0.6 is 0 Å². The standard InChI is InChI=1S/C15H21NO4/c1-2-10-20-13-5-3-4-12(11-13)8-9-16-14(17)6-7-15(18)19/h3-5,11H,2,6-10H2,1H3,(H,16,17)(H,18,19)/p-1.